The first-order valence-corrected chi connectivity index (χ1v) is 12.2. The number of benzene rings is 2. The number of anilines is 2. The molecule has 3 rings (SSSR count). The molecule has 2 aromatic rings. The van der Waals surface area contributed by atoms with Crippen LogP contribution in [0.3, 0.4) is 0 Å². The molecule has 174 valence electrons. The van der Waals surface area contributed by atoms with E-state index in [2.05, 4.69) is 10.2 Å². The fraction of sp³-hybridized carbons (Fsp3) is 0.435. The second kappa shape index (κ2) is 10.3. The third-order valence-electron chi connectivity index (χ3n) is 5.58. The van der Waals surface area contributed by atoms with Crippen molar-refractivity contribution in [2.24, 2.45) is 0 Å². The number of morpholine rings is 1. The molecule has 1 N–H and O–H groups in total. The zero-order valence-corrected chi connectivity index (χ0v) is 19.9. The van der Waals surface area contributed by atoms with E-state index in [1.807, 2.05) is 13.0 Å². The SMILES string of the molecule is CCN(CC)S(=O)(=O)c1ccc(N2CCOCC2)c(NC(=O)c2ccc(C)c(OC)c2)c1. The molecule has 32 heavy (non-hydrogen) atoms. The van der Waals surface area contributed by atoms with E-state index in [0.717, 1.165) is 11.3 Å². The van der Waals surface area contributed by atoms with Crippen LogP contribution >= 0.6 is 0 Å². The van der Waals surface area contributed by atoms with Crippen LogP contribution in [0.5, 0.6) is 5.75 Å². The molecule has 0 aliphatic carbocycles. The summed E-state index contributed by atoms with van der Waals surface area (Å²) in [7, 11) is -2.11. The van der Waals surface area contributed by atoms with Crippen molar-refractivity contribution in [2.75, 3.05) is 56.7 Å². The van der Waals surface area contributed by atoms with Crippen LogP contribution in [0.2, 0.25) is 0 Å². The van der Waals surface area contributed by atoms with E-state index in [0.29, 0.717) is 56.4 Å². The maximum absolute atomic E-state index is 13.1. The number of aryl methyl sites for hydroxylation is 1. The number of carbonyl (C=O) groups is 1. The molecule has 0 saturated carbocycles. The van der Waals surface area contributed by atoms with Crippen molar-refractivity contribution in [3.05, 3.63) is 47.5 Å². The Morgan fingerprint density at radius 1 is 1.12 bits per heavy atom. The van der Waals surface area contributed by atoms with Crippen molar-refractivity contribution in [1.29, 1.82) is 0 Å². The van der Waals surface area contributed by atoms with Gasteiger partial charge in [0.15, 0.2) is 0 Å². The smallest absolute Gasteiger partial charge is 0.255 e. The molecule has 0 radical (unpaired) electrons. The van der Waals surface area contributed by atoms with Gasteiger partial charge in [-0.15, -0.1) is 0 Å². The van der Waals surface area contributed by atoms with E-state index in [1.54, 1.807) is 51.3 Å². The molecule has 0 bridgehead atoms. The summed E-state index contributed by atoms with van der Waals surface area (Å²) >= 11 is 0. The monoisotopic (exact) mass is 461 g/mol. The molecule has 1 heterocycles. The quantitative estimate of drug-likeness (QED) is 0.650. The summed E-state index contributed by atoms with van der Waals surface area (Å²) in [6.07, 6.45) is 0. The van der Waals surface area contributed by atoms with Crippen molar-refractivity contribution < 1.29 is 22.7 Å². The highest BCUT2D eigenvalue weighted by molar-refractivity contribution is 7.89. The molecule has 8 nitrogen and oxygen atoms in total. The first-order valence-electron chi connectivity index (χ1n) is 10.7. The minimum Gasteiger partial charge on any atom is -0.496 e. The second-order valence-electron chi connectivity index (χ2n) is 7.51. The van der Waals surface area contributed by atoms with Crippen molar-refractivity contribution in [3.63, 3.8) is 0 Å². The van der Waals surface area contributed by atoms with Gasteiger partial charge in [0.25, 0.3) is 5.91 Å². The average molecular weight is 462 g/mol. The lowest BCUT2D eigenvalue weighted by Gasteiger charge is -2.31. The zero-order valence-electron chi connectivity index (χ0n) is 19.1. The first kappa shape index (κ1) is 24.0. The normalized spacial score (nSPS) is 14.5. The summed E-state index contributed by atoms with van der Waals surface area (Å²) in [6.45, 7) is 8.70. The Hall–Kier alpha value is -2.62. The number of sulfonamides is 1. The Balaban J connectivity index is 2.01. The van der Waals surface area contributed by atoms with Gasteiger partial charge in [-0.05, 0) is 42.8 Å². The molecule has 0 unspecified atom stereocenters. The van der Waals surface area contributed by atoms with Crippen LogP contribution in [-0.4, -0.2) is 65.1 Å². The average Bonchev–Trinajstić information content (AvgIpc) is 2.80. The van der Waals surface area contributed by atoms with Crippen molar-refractivity contribution in [2.45, 2.75) is 25.7 Å². The summed E-state index contributed by atoms with van der Waals surface area (Å²) in [6, 6.07) is 10.1. The van der Waals surface area contributed by atoms with Gasteiger partial charge in [0.2, 0.25) is 10.0 Å². The summed E-state index contributed by atoms with van der Waals surface area (Å²) in [5, 5.41) is 2.92. The van der Waals surface area contributed by atoms with Gasteiger partial charge in [-0.2, -0.15) is 4.31 Å². The summed E-state index contributed by atoms with van der Waals surface area (Å²) < 4.78 is 38.3. The lowest BCUT2D eigenvalue weighted by atomic mass is 10.1. The van der Waals surface area contributed by atoms with Crippen molar-refractivity contribution in [3.8, 4) is 5.75 Å². The Bertz CT molecular complexity index is 1060. The van der Waals surface area contributed by atoms with Gasteiger partial charge < -0.3 is 19.7 Å². The number of hydrogen-bond donors (Lipinski definition) is 1. The lowest BCUT2D eigenvalue weighted by Crippen LogP contribution is -2.37. The van der Waals surface area contributed by atoms with Gasteiger partial charge in [-0.1, -0.05) is 19.9 Å². The molecular weight excluding hydrogens is 430 g/mol. The molecular formula is C23H31N3O5S. The minimum absolute atomic E-state index is 0.148. The molecule has 0 aromatic heterocycles. The molecule has 1 aliphatic rings. The highest BCUT2D eigenvalue weighted by atomic mass is 32.2. The molecule has 1 saturated heterocycles. The van der Waals surface area contributed by atoms with E-state index >= 15 is 0 Å². The number of rotatable bonds is 8. The zero-order chi connectivity index (χ0) is 23.3. The fourth-order valence-electron chi connectivity index (χ4n) is 3.72. The standard InChI is InChI=1S/C23H31N3O5S/c1-5-26(6-2)32(28,29)19-9-10-21(25-11-13-31-14-12-25)20(16-19)24-23(27)18-8-7-17(3)22(15-18)30-4/h7-10,15-16H,5-6,11-14H2,1-4H3,(H,24,27). The predicted molar refractivity (Wildman–Crippen MR) is 125 cm³/mol. The fourth-order valence-corrected chi connectivity index (χ4v) is 5.21. The number of ether oxygens (including phenoxy) is 2. The number of carbonyl (C=O) groups excluding carboxylic acids is 1. The maximum atomic E-state index is 13.1. The van der Waals surface area contributed by atoms with Crippen molar-refractivity contribution in [1.82, 2.24) is 4.31 Å². The Kier molecular flexibility index (Phi) is 7.76. The van der Waals surface area contributed by atoms with Gasteiger partial charge in [-0.25, -0.2) is 8.42 Å². The summed E-state index contributed by atoms with van der Waals surface area (Å²) in [4.78, 5) is 15.3. The van der Waals surface area contributed by atoms with Crippen LogP contribution < -0.4 is 15.0 Å². The van der Waals surface area contributed by atoms with E-state index in [4.69, 9.17) is 9.47 Å². The van der Waals surface area contributed by atoms with Gasteiger partial charge in [0.05, 0.1) is 36.6 Å². The van der Waals surface area contributed by atoms with Gasteiger partial charge in [0, 0.05) is 31.7 Å². The second-order valence-corrected chi connectivity index (χ2v) is 9.44. The van der Waals surface area contributed by atoms with E-state index in [1.165, 1.54) is 4.31 Å². The third kappa shape index (κ3) is 5.06. The van der Waals surface area contributed by atoms with Crippen LogP contribution in [0.15, 0.2) is 41.3 Å². The number of hydrogen-bond acceptors (Lipinski definition) is 6. The van der Waals surface area contributed by atoms with Crippen molar-refractivity contribution >= 4 is 27.3 Å². The summed E-state index contributed by atoms with van der Waals surface area (Å²) in [5.41, 5.74) is 2.56. The molecule has 1 amide bonds. The molecule has 1 fully saturated rings. The Labute approximate surface area is 190 Å². The van der Waals surface area contributed by atoms with Crippen LogP contribution in [0.4, 0.5) is 11.4 Å². The number of nitrogens with one attached hydrogen (secondary N) is 1. The van der Waals surface area contributed by atoms with Crippen LogP contribution in [0.25, 0.3) is 0 Å². The highest BCUT2D eigenvalue weighted by Gasteiger charge is 2.25. The number of methoxy groups -OCH3 is 1. The van der Waals surface area contributed by atoms with Gasteiger partial charge in [0.1, 0.15) is 5.75 Å². The topological polar surface area (TPSA) is 88.2 Å². The largest absolute Gasteiger partial charge is 0.496 e. The minimum atomic E-state index is -3.67. The third-order valence-corrected chi connectivity index (χ3v) is 7.63. The maximum Gasteiger partial charge on any atom is 0.255 e. The van der Waals surface area contributed by atoms with Crippen LogP contribution in [-0.2, 0) is 14.8 Å². The Morgan fingerprint density at radius 3 is 2.44 bits per heavy atom. The molecule has 0 spiro atoms. The number of amides is 1. The van der Waals surface area contributed by atoms with E-state index in [9.17, 15) is 13.2 Å². The molecule has 2 aromatic carbocycles. The van der Waals surface area contributed by atoms with E-state index < -0.39 is 10.0 Å². The first-order chi connectivity index (χ1) is 15.3. The summed E-state index contributed by atoms with van der Waals surface area (Å²) in [5.74, 6) is 0.277. The molecule has 0 atom stereocenters. The van der Waals surface area contributed by atoms with Gasteiger partial charge >= 0.3 is 0 Å². The number of nitrogens with zero attached hydrogens (tertiary/aromatic N) is 2. The lowest BCUT2D eigenvalue weighted by molar-refractivity contribution is 0.102. The van der Waals surface area contributed by atoms with Gasteiger partial charge in [-0.3, -0.25) is 4.79 Å². The molecule has 9 heteroatoms. The Morgan fingerprint density at radius 2 is 1.81 bits per heavy atom. The van der Waals surface area contributed by atoms with Crippen LogP contribution in [0, 0.1) is 6.92 Å². The predicted octanol–water partition coefficient (Wildman–Crippen LogP) is 3.12. The van der Waals surface area contributed by atoms with E-state index in [-0.39, 0.29) is 10.8 Å². The van der Waals surface area contributed by atoms with Crippen LogP contribution in [0.1, 0.15) is 29.8 Å². The molecule has 1 aliphatic heterocycles. The highest BCUT2D eigenvalue weighted by Crippen LogP contribution is 2.31.